The third-order valence-corrected chi connectivity index (χ3v) is 5.72. The number of aromatic nitrogens is 2. The number of H-pyrrole nitrogens is 1. The Morgan fingerprint density at radius 2 is 1.47 bits per heavy atom. The van der Waals surface area contributed by atoms with E-state index >= 15 is 0 Å². The molecule has 166 valence electrons. The Bertz CT molecular complexity index is 1190. The minimum Gasteiger partial charge on any atom is -0.268 e. The molecular formula is C24H23Cl2N3O3. The molecule has 0 saturated heterocycles. The average molecular weight is 472 g/mol. The maximum atomic E-state index is 12.7. The number of fused-ring (bicyclic) bond motifs is 1. The van der Waals surface area contributed by atoms with E-state index in [0.717, 1.165) is 4.90 Å². The first kappa shape index (κ1) is 23.7. The first-order valence-corrected chi connectivity index (χ1v) is 11.1. The van der Waals surface area contributed by atoms with Crippen molar-refractivity contribution < 1.29 is 9.59 Å². The Morgan fingerprint density at radius 1 is 0.938 bits per heavy atom. The van der Waals surface area contributed by atoms with Crippen molar-refractivity contribution in [2.45, 2.75) is 40.0 Å². The normalized spacial score (nSPS) is 12.7. The van der Waals surface area contributed by atoms with Gasteiger partial charge in [0, 0.05) is 22.0 Å². The van der Waals surface area contributed by atoms with E-state index in [1.54, 1.807) is 42.5 Å². The van der Waals surface area contributed by atoms with E-state index in [4.69, 9.17) is 23.2 Å². The van der Waals surface area contributed by atoms with Crippen molar-refractivity contribution in [1.82, 2.24) is 10.2 Å². The van der Waals surface area contributed by atoms with Crippen LogP contribution in [0, 0.1) is 0 Å². The second kappa shape index (κ2) is 9.67. The molecule has 32 heavy (non-hydrogen) atoms. The SMILES string of the molecule is CC.CC(C)c1cc(Cc2c(Cl)cc(N3C(=O)c4ccccc4C3=O)cc2Cl)n[nH]c1=O. The summed E-state index contributed by atoms with van der Waals surface area (Å²) in [6, 6.07) is 11.5. The van der Waals surface area contributed by atoms with Gasteiger partial charge in [-0.3, -0.25) is 14.4 Å². The van der Waals surface area contributed by atoms with Gasteiger partial charge in [-0.05, 0) is 41.8 Å². The van der Waals surface area contributed by atoms with E-state index in [9.17, 15) is 14.4 Å². The Labute approximate surface area is 196 Å². The number of carbonyl (C=O) groups is 2. The zero-order chi connectivity index (χ0) is 23.6. The van der Waals surface area contributed by atoms with Crippen LogP contribution in [0.5, 0.6) is 0 Å². The molecule has 1 aliphatic rings. The highest BCUT2D eigenvalue weighted by Gasteiger charge is 2.36. The summed E-state index contributed by atoms with van der Waals surface area (Å²) in [6.07, 6.45) is 0.288. The van der Waals surface area contributed by atoms with Crippen molar-refractivity contribution in [2.24, 2.45) is 0 Å². The smallest absolute Gasteiger partial charge is 0.267 e. The van der Waals surface area contributed by atoms with Gasteiger partial charge in [0.2, 0.25) is 0 Å². The van der Waals surface area contributed by atoms with Crippen molar-refractivity contribution in [1.29, 1.82) is 0 Å². The standard InChI is InChI=1S/C22H17Cl2N3O3.C2H6/c1-11(2)16-7-12(25-26-20(16)28)8-17-18(23)9-13(10-19(17)24)27-21(29)14-5-3-4-6-15(14)22(27)30;1-2/h3-7,9-11H,8H2,1-2H3,(H,26,28);1-2H3. The second-order valence-electron chi connectivity index (χ2n) is 7.35. The largest absolute Gasteiger partial charge is 0.268 e. The number of anilines is 1. The van der Waals surface area contributed by atoms with Crippen molar-refractivity contribution >= 4 is 40.7 Å². The number of imide groups is 1. The molecule has 0 saturated carbocycles. The number of hydrogen-bond acceptors (Lipinski definition) is 4. The summed E-state index contributed by atoms with van der Waals surface area (Å²) < 4.78 is 0. The predicted molar refractivity (Wildman–Crippen MR) is 127 cm³/mol. The van der Waals surface area contributed by atoms with Crippen molar-refractivity contribution in [2.75, 3.05) is 4.90 Å². The van der Waals surface area contributed by atoms with Crippen LogP contribution in [0.25, 0.3) is 0 Å². The third kappa shape index (κ3) is 4.33. The third-order valence-electron chi connectivity index (χ3n) is 5.04. The number of nitrogens with zero attached hydrogens (tertiary/aromatic N) is 2. The van der Waals surface area contributed by atoms with Gasteiger partial charge in [-0.1, -0.05) is 63.0 Å². The highest BCUT2D eigenvalue weighted by molar-refractivity contribution is 6.38. The Morgan fingerprint density at radius 3 is 1.97 bits per heavy atom. The van der Waals surface area contributed by atoms with Crippen LogP contribution in [0.15, 0.2) is 47.3 Å². The van der Waals surface area contributed by atoms with Crippen LogP contribution in [0.4, 0.5) is 5.69 Å². The lowest BCUT2D eigenvalue weighted by atomic mass is 10.0. The molecule has 0 unspecified atom stereocenters. The van der Waals surface area contributed by atoms with E-state index in [2.05, 4.69) is 10.2 Å². The second-order valence-corrected chi connectivity index (χ2v) is 8.17. The molecule has 0 bridgehead atoms. The number of benzene rings is 2. The summed E-state index contributed by atoms with van der Waals surface area (Å²) in [5, 5.41) is 7.17. The molecular weight excluding hydrogens is 449 g/mol. The summed E-state index contributed by atoms with van der Waals surface area (Å²) in [7, 11) is 0. The highest BCUT2D eigenvalue weighted by Crippen LogP contribution is 2.35. The van der Waals surface area contributed by atoms with Gasteiger partial charge in [0.15, 0.2) is 0 Å². The number of carbonyl (C=O) groups excluding carboxylic acids is 2. The maximum absolute atomic E-state index is 12.7. The average Bonchev–Trinajstić information content (AvgIpc) is 3.03. The van der Waals surface area contributed by atoms with Gasteiger partial charge in [0.05, 0.1) is 22.5 Å². The number of halogens is 2. The van der Waals surface area contributed by atoms with E-state index < -0.39 is 11.8 Å². The number of aromatic amines is 1. The van der Waals surface area contributed by atoms with Crippen molar-refractivity contribution in [3.05, 3.63) is 90.8 Å². The van der Waals surface area contributed by atoms with Gasteiger partial charge < -0.3 is 0 Å². The predicted octanol–water partition coefficient (Wildman–Crippen LogP) is 5.62. The molecule has 0 atom stereocenters. The summed E-state index contributed by atoms with van der Waals surface area (Å²) in [5.74, 6) is -0.795. The number of hydrogen-bond donors (Lipinski definition) is 1. The molecule has 2 aromatic carbocycles. The topological polar surface area (TPSA) is 83.1 Å². The Kier molecular flexibility index (Phi) is 7.16. The van der Waals surface area contributed by atoms with Crippen LogP contribution < -0.4 is 10.5 Å². The van der Waals surface area contributed by atoms with E-state index in [1.165, 1.54) is 0 Å². The van der Waals surface area contributed by atoms with Crippen LogP contribution in [0.3, 0.4) is 0 Å². The summed E-state index contributed by atoms with van der Waals surface area (Å²) in [5.41, 5.74) is 2.58. The molecule has 0 radical (unpaired) electrons. The first-order chi connectivity index (χ1) is 15.3. The van der Waals surface area contributed by atoms with Gasteiger partial charge in [0.25, 0.3) is 17.4 Å². The Balaban J connectivity index is 0.00000141. The van der Waals surface area contributed by atoms with Gasteiger partial charge in [-0.25, -0.2) is 10.00 Å². The molecule has 1 N–H and O–H groups in total. The van der Waals surface area contributed by atoms with Crippen LogP contribution in [-0.4, -0.2) is 22.0 Å². The molecule has 2 heterocycles. The molecule has 8 heteroatoms. The number of nitrogens with one attached hydrogen (secondary N) is 1. The zero-order valence-corrected chi connectivity index (χ0v) is 19.7. The zero-order valence-electron chi connectivity index (χ0n) is 18.2. The monoisotopic (exact) mass is 471 g/mol. The highest BCUT2D eigenvalue weighted by atomic mass is 35.5. The minimum atomic E-state index is -0.417. The van der Waals surface area contributed by atoms with E-state index in [1.807, 2.05) is 27.7 Å². The first-order valence-electron chi connectivity index (χ1n) is 10.3. The summed E-state index contributed by atoms with van der Waals surface area (Å²) in [6.45, 7) is 7.84. The van der Waals surface area contributed by atoms with Crippen LogP contribution in [-0.2, 0) is 6.42 Å². The van der Waals surface area contributed by atoms with Crippen LogP contribution >= 0.6 is 23.2 Å². The molecule has 4 rings (SSSR count). The lowest BCUT2D eigenvalue weighted by molar-refractivity contribution is 0.0926. The van der Waals surface area contributed by atoms with E-state index in [-0.39, 0.29) is 17.9 Å². The fourth-order valence-electron chi connectivity index (χ4n) is 3.48. The molecule has 0 spiro atoms. The number of rotatable bonds is 4. The molecule has 1 aromatic heterocycles. The van der Waals surface area contributed by atoms with Crippen LogP contribution in [0.2, 0.25) is 10.0 Å². The molecule has 1 aliphatic heterocycles. The lowest BCUT2D eigenvalue weighted by Gasteiger charge is -2.17. The quantitative estimate of drug-likeness (QED) is 0.500. The van der Waals surface area contributed by atoms with Crippen LogP contribution in [0.1, 0.15) is 71.1 Å². The fraction of sp³-hybridized carbons (Fsp3) is 0.250. The molecule has 3 aromatic rings. The number of amides is 2. The summed E-state index contributed by atoms with van der Waals surface area (Å²) in [4.78, 5) is 38.4. The molecule has 0 fully saturated rings. The summed E-state index contributed by atoms with van der Waals surface area (Å²) >= 11 is 12.9. The minimum absolute atomic E-state index is 0.0395. The Hall–Kier alpha value is -2.96. The van der Waals surface area contributed by atoms with Gasteiger partial charge in [0.1, 0.15) is 0 Å². The van der Waals surface area contributed by atoms with Crippen molar-refractivity contribution in [3.63, 3.8) is 0 Å². The lowest BCUT2D eigenvalue weighted by Crippen LogP contribution is -2.29. The molecule has 0 aliphatic carbocycles. The fourth-order valence-corrected chi connectivity index (χ4v) is 4.09. The molecule has 2 amide bonds. The van der Waals surface area contributed by atoms with Gasteiger partial charge in [-0.15, -0.1) is 0 Å². The van der Waals surface area contributed by atoms with Crippen molar-refractivity contribution in [3.8, 4) is 0 Å². The molecule has 6 nitrogen and oxygen atoms in total. The van der Waals surface area contributed by atoms with Gasteiger partial charge >= 0.3 is 0 Å². The maximum Gasteiger partial charge on any atom is 0.267 e. The van der Waals surface area contributed by atoms with E-state index in [0.29, 0.717) is 43.7 Å². The van der Waals surface area contributed by atoms with Gasteiger partial charge in [-0.2, -0.15) is 5.10 Å².